The summed E-state index contributed by atoms with van der Waals surface area (Å²) in [6.07, 6.45) is 5.44. The Morgan fingerprint density at radius 1 is 1.41 bits per heavy atom. The zero-order valence-corrected chi connectivity index (χ0v) is 12.5. The van der Waals surface area contributed by atoms with Crippen molar-refractivity contribution in [1.29, 1.82) is 0 Å². The van der Waals surface area contributed by atoms with Gasteiger partial charge in [-0.2, -0.15) is 5.10 Å². The Balaban J connectivity index is 1.97. The van der Waals surface area contributed by atoms with Crippen LogP contribution in [0.4, 0.5) is 0 Å². The second kappa shape index (κ2) is 5.53. The fourth-order valence-electron chi connectivity index (χ4n) is 2.72. The predicted octanol–water partition coefficient (Wildman–Crippen LogP) is 3.16. The summed E-state index contributed by atoms with van der Waals surface area (Å²) in [6, 6.07) is 0.672. The van der Waals surface area contributed by atoms with Crippen molar-refractivity contribution in [1.82, 2.24) is 15.1 Å². The van der Waals surface area contributed by atoms with Gasteiger partial charge < -0.3 is 5.32 Å². The van der Waals surface area contributed by atoms with E-state index in [0.717, 1.165) is 22.6 Å². The molecule has 0 radical (unpaired) electrons. The molecule has 17 heavy (non-hydrogen) atoms. The van der Waals surface area contributed by atoms with E-state index in [0.29, 0.717) is 6.04 Å². The smallest absolute Gasteiger partial charge is 0.0739 e. The molecule has 1 fully saturated rings. The minimum absolute atomic E-state index is 0.672. The highest BCUT2D eigenvalue weighted by Crippen LogP contribution is 2.25. The molecule has 4 heteroatoms. The molecule has 1 aliphatic carbocycles. The number of rotatable bonds is 3. The molecular formula is C13H22BrN3. The molecule has 0 amide bonds. The van der Waals surface area contributed by atoms with Crippen molar-refractivity contribution < 1.29 is 0 Å². The topological polar surface area (TPSA) is 29.9 Å². The maximum Gasteiger partial charge on any atom is 0.0739 e. The average Bonchev–Trinajstić information content (AvgIpc) is 2.53. The van der Waals surface area contributed by atoms with E-state index in [1.165, 1.54) is 31.4 Å². The Morgan fingerprint density at radius 3 is 2.71 bits per heavy atom. The number of aromatic nitrogens is 2. The van der Waals surface area contributed by atoms with Crippen molar-refractivity contribution in [2.75, 3.05) is 0 Å². The van der Waals surface area contributed by atoms with Crippen LogP contribution in [-0.4, -0.2) is 15.8 Å². The van der Waals surface area contributed by atoms with E-state index in [1.807, 2.05) is 18.7 Å². The molecule has 2 atom stereocenters. The van der Waals surface area contributed by atoms with Crippen LogP contribution in [0.5, 0.6) is 0 Å². The van der Waals surface area contributed by atoms with Crippen LogP contribution in [0.15, 0.2) is 4.47 Å². The van der Waals surface area contributed by atoms with Gasteiger partial charge in [0.25, 0.3) is 0 Å². The predicted molar refractivity (Wildman–Crippen MR) is 73.9 cm³/mol. The highest BCUT2D eigenvalue weighted by molar-refractivity contribution is 9.10. The third-order valence-electron chi connectivity index (χ3n) is 3.90. The summed E-state index contributed by atoms with van der Waals surface area (Å²) in [4.78, 5) is 0. The van der Waals surface area contributed by atoms with E-state index in [-0.39, 0.29) is 0 Å². The third kappa shape index (κ3) is 2.91. The van der Waals surface area contributed by atoms with E-state index in [4.69, 9.17) is 0 Å². The van der Waals surface area contributed by atoms with Crippen LogP contribution < -0.4 is 5.32 Å². The summed E-state index contributed by atoms with van der Waals surface area (Å²) < 4.78 is 3.12. The molecule has 1 N–H and O–H groups in total. The molecule has 0 aliphatic heterocycles. The first-order valence-electron chi connectivity index (χ1n) is 6.51. The lowest BCUT2D eigenvalue weighted by molar-refractivity contribution is 0.277. The first-order valence-corrected chi connectivity index (χ1v) is 7.30. The van der Waals surface area contributed by atoms with Crippen molar-refractivity contribution in [2.24, 2.45) is 13.0 Å². The molecule has 1 aliphatic rings. The lowest BCUT2D eigenvalue weighted by Gasteiger charge is -2.29. The van der Waals surface area contributed by atoms with Crippen molar-refractivity contribution in [3.8, 4) is 0 Å². The number of aryl methyl sites for hydroxylation is 2. The summed E-state index contributed by atoms with van der Waals surface area (Å²) in [6.45, 7) is 5.31. The second-order valence-electron chi connectivity index (χ2n) is 5.22. The lowest BCUT2D eigenvalue weighted by Crippen LogP contribution is -2.37. The molecule has 1 saturated carbocycles. The van der Waals surface area contributed by atoms with Gasteiger partial charge in [-0.25, -0.2) is 0 Å². The van der Waals surface area contributed by atoms with Crippen molar-refractivity contribution >= 4 is 15.9 Å². The normalized spacial score (nSPS) is 25.2. The van der Waals surface area contributed by atoms with Gasteiger partial charge >= 0.3 is 0 Å². The van der Waals surface area contributed by atoms with Gasteiger partial charge in [0.2, 0.25) is 0 Å². The maximum atomic E-state index is 4.42. The van der Waals surface area contributed by atoms with Gasteiger partial charge in [-0.05, 0) is 41.6 Å². The van der Waals surface area contributed by atoms with Gasteiger partial charge in [0.15, 0.2) is 0 Å². The highest BCUT2D eigenvalue weighted by Gasteiger charge is 2.21. The monoisotopic (exact) mass is 299 g/mol. The Kier molecular flexibility index (Phi) is 4.26. The standard InChI is InChI=1S/C13H22BrN3/c1-9-6-4-5-7-11(9)15-8-12-13(14)10(2)16-17(12)3/h9,11,15H,4-8H2,1-3H3. The fraction of sp³-hybridized carbons (Fsp3) is 0.769. The summed E-state index contributed by atoms with van der Waals surface area (Å²) in [5, 5.41) is 8.11. The van der Waals surface area contributed by atoms with Crippen molar-refractivity contribution in [3.63, 3.8) is 0 Å². The van der Waals surface area contributed by atoms with Crippen LogP contribution >= 0.6 is 15.9 Å². The van der Waals surface area contributed by atoms with Gasteiger partial charge in [-0.15, -0.1) is 0 Å². The van der Waals surface area contributed by atoms with E-state index < -0.39 is 0 Å². The van der Waals surface area contributed by atoms with E-state index in [9.17, 15) is 0 Å². The lowest BCUT2D eigenvalue weighted by atomic mass is 9.86. The van der Waals surface area contributed by atoms with E-state index in [1.54, 1.807) is 0 Å². The number of hydrogen-bond acceptors (Lipinski definition) is 2. The molecule has 2 rings (SSSR count). The SMILES string of the molecule is Cc1nn(C)c(CNC2CCCCC2C)c1Br. The Bertz CT molecular complexity index is 386. The summed E-state index contributed by atoms with van der Waals surface area (Å²) in [5.74, 6) is 0.803. The summed E-state index contributed by atoms with van der Waals surface area (Å²) in [7, 11) is 2.01. The van der Waals surface area contributed by atoms with Gasteiger partial charge in [-0.3, -0.25) is 4.68 Å². The molecular weight excluding hydrogens is 278 g/mol. The Labute approximate surface area is 112 Å². The highest BCUT2D eigenvalue weighted by atomic mass is 79.9. The van der Waals surface area contributed by atoms with Crippen LogP contribution in [-0.2, 0) is 13.6 Å². The van der Waals surface area contributed by atoms with E-state index in [2.05, 4.69) is 33.3 Å². The van der Waals surface area contributed by atoms with Gasteiger partial charge in [0.1, 0.15) is 0 Å². The minimum Gasteiger partial charge on any atom is -0.308 e. The largest absolute Gasteiger partial charge is 0.308 e. The molecule has 0 aromatic carbocycles. The van der Waals surface area contributed by atoms with Crippen molar-refractivity contribution in [3.05, 3.63) is 15.9 Å². The second-order valence-corrected chi connectivity index (χ2v) is 6.01. The number of hydrogen-bond donors (Lipinski definition) is 1. The van der Waals surface area contributed by atoms with Crippen LogP contribution in [0.3, 0.4) is 0 Å². The molecule has 1 aromatic rings. The molecule has 3 nitrogen and oxygen atoms in total. The quantitative estimate of drug-likeness (QED) is 0.929. The molecule has 0 saturated heterocycles. The number of nitrogens with one attached hydrogen (secondary N) is 1. The average molecular weight is 300 g/mol. The molecule has 1 aromatic heterocycles. The first kappa shape index (κ1) is 13.1. The van der Waals surface area contributed by atoms with Crippen LogP contribution in [0.1, 0.15) is 44.0 Å². The Morgan fingerprint density at radius 2 is 2.12 bits per heavy atom. The summed E-state index contributed by atoms with van der Waals surface area (Å²) >= 11 is 3.62. The first-order chi connectivity index (χ1) is 8.09. The van der Waals surface area contributed by atoms with Gasteiger partial charge in [0, 0.05) is 19.6 Å². The third-order valence-corrected chi connectivity index (χ3v) is 4.94. The Hall–Kier alpha value is -0.350. The van der Waals surface area contributed by atoms with Gasteiger partial charge in [-0.1, -0.05) is 19.8 Å². The van der Waals surface area contributed by atoms with E-state index >= 15 is 0 Å². The molecule has 2 unspecified atom stereocenters. The van der Waals surface area contributed by atoms with Crippen LogP contribution in [0.25, 0.3) is 0 Å². The molecule has 1 heterocycles. The van der Waals surface area contributed by atoms with Crippen LogP contribution in [0, 0.1) is 12.8 Å². The molecule has 0 spiro atoms. The molecule has 0 bridgehead atoms. The van der Waals surface area contributed by atoms with Crippen molar-refractivity contribution in [2.45, 2.75) is 52.1 Å². The maximum absolute atomic E-state index is 4.42. The number of halogens is 1. The zero-order valence-electron chi connectivity index (χ0n) is 11.0. The fourth-order valence-corrected chi connectivity index (χ4v) is 3.20. The van der Waals surface area contributed by atoms with Crippen LogP contribution in [0.2, 0.25) is 0 Å². The van der Waals surface area contributed by atoms with Gasteiger partial charge in [0.05, 0.1) is 15.9 Å². The molecule has 96 valence electrons. The number of nitrogens with zero attached hydrogens (tertiary/aromatic N) is 2. The zero-order chi connectivity index (χ0) is 12.4. The minimum atomic E-state index is 0.672. The summed E-state index contributed by atoms with van der Waals surface area (Å²) in [5.41, 5.74) is 2.32.